The lowest BCUT2D eigenvalue weighted by atomic mass is 10.1. The second-order valence-corrected chi connectivity index (χ2v) is 9.61. The molecule has 0 saturated carbocycles. The number of aromatic nitrogens is 2. The molecule has 40 heavy (non-hydrogen) atoms. The number of nitro groups is 1. The molecule has 8 heteroatoms. The molecule has 0 spiro atoms. The summed E-state index contributed by atoms with van der Waals surface area (Å²) in [5.41, 5.74) is 3.10. The van der Waals surface area contributed by atoms with Crippen molar-refractivity contribution in [3.63, 3.8) is 0 Å². The highest BCUT2D eigenvalue weighted by atomic mass is 16.6. The summed E-state index contributed by atoms with van der Waals surface area (Å²) in [6.45, 7) is 4.17. The molecule has 1 atom stereocenters. The molecular formula is C32H28N4O4. The molecule has 0 N–H and O–H groups in total. The number of benzene rings is 4. The van der Waals surface area contributed by atoms with Crippen LogP contribution in [0.15, 0.2) is 108 Å². The normalized spacial score (nSPS) is 11.8. The van der Waals surface area contributed by atoms with Crippen LogP contribution in [0.2, 0.25) is 0 Å². The maximum atomic E-state index is 14.1. The molecule has 5 aromatic rings. The van der Waals surface area contributed by atoms with E-state index in [0.29, 0.717) is 34.4 Å². The lowest BCUT2D eigenvalue weighted by Crippen LogP contribution is -2.38. The molecule has 1 heterocycles. The largest absolute Gasteiger partial charge is 0.324 e. The first kappa shape index (κ1) is 26.5. The Hall–Kier alpha value is -5.11. The molecule has 0 bridgehead atoms. The van der Waals surface area contributed by atoms with E-state index in [1.54, 1.807) is 21.6 Å². The summed E-state index contributed by atoms with van der Waals surface area (Å²) in [6, 6.07) is 29.4. The second-order valence-electron chi connectivity index (χ2n) is 9.61. The standard InChI is InChI=1S/C32H28N4O4/c1-3-29(30-33-28-15-8-7-14-27(28)32(38)35(30)26-13-9-10-22(2)20-26)34(21-23-11-5-4-6-12-23)31(37)24-16-18-25(19-17-24)36(39)40/h4-20,29H,3,21H2,1-2H3. The molecule has 4 aromatic carbocycles. The Labute approximate surface area is 231 Å². The third-order valence-corrected chi connectivity index (χ3v) is 6.90. The van der Waals surface area contributed by atoms with Gasteiger partial charge < -0.3 is 4.90 Å². The van der Waals surface area contributed by atoms with E-state index in [0.717, 1.165) is 11.1 Å². The number of hydrogen-bond acceptors (Lipinski definition) is 5. The van der Waals surface area contributed by atoms with Gasteiger partial charge in [-0.1, -0.05) is 61.5 Å². The van der Waals surface area contributed by atoms with Gasteiger partial charge in [-0.15, -0.1) is 0 Å². The number of aryl methyl sites for hydroxylation is 1. The zero-order valence-corrected chi connectivity index (χ0v) is 22.2. The first-order chi connectivity index (χ1) is 19.4. The number of hydrogen-bond donors (Lipinski definition) is 0. The summed E-state index contributed by atoms with van der Waals surface area (Å²) in [7, 11) is 0. The van der Waals surface area contributed by atoms with Crippen LogP contribution < -0.4 is 5.56 Å². The quantitative estimate of drug-likeness (QED) is 0.170. The van der Waals surface area contributed by atoms with Crippen molar-refractivity contribution in [3.05, 3.63) is 146 Å². The van der Waals surface area contributed by atoms with Gasteiger partial charge in [0.15, 0.2) is 0 Å². The molecule has 1 aromatic heterocycles. The van der Waals surface area contributed by atoms with Crippen molar-refractivity contribution in [1.82, 2.24) is 14.5 Å². The van der Waals surface area contributed by atoms with Crippen molar-refractivity contribution in [2.45, 2.75) is 32.9 Å². The number of nitrogens with zero attached hydrogens (tertiary/aromatic N) is 4. The van der Waals surface area contributed by atoms with Gasteiger partial charge in [0, 0.05) is 24.2 Å². The molecule has 0 aliphatic heterocycles. The van der Waals surface area contributed by atoms with Crippen LogP contribution in [0.3, 0.4) is 0 Å². The van der Waals surface area contributed by atoms with Crippen LogP contribution in [0.25, 0.3) is 16.6 Å². The van der Waals surface area contributed by atoms with Crippen molar-refractivity contribution in [3.8, 4) is 5.69 Å². The van der Waals surface area contributed by atoms with E-state index in [4.69, 9.17) is 4.98 Å². The van der Waals surface area contributed by atoms with Gasteiger partial charge in [0.25, 0.3) is 17.2 Å². The minimum absolute atomic E-state index is 0.0947. The lowest BCUT2D eigenvalue weighted by molar-refractivity contribution is -0.384. The summed E-state index contributed by atoms with van der Waals surface area (Å²) < 4.78 is 1.60. The number of non-ortho nitro benzene ring substituents is 1. The van der Waals surface area contributed by atoms with E-state index in [1.807, 2.05) is 80.6 Å². The Morgan fingerprint density at radius 2 is 1.65 bits per heavy atom. The number of rotatable bonds is 8. The highest BCUT2D eigenvalue weighted by Gasteiger charge is 2.30. The number of carbonyl (C=O) groups is 1. The fourth-order valence-corrected chi connectivity index (χ4v) is 4.93. The first-order valence-electron chi connectivity index (χ1n) is 13.1. The summed E-state index contributed by atoms with van der Waals surface area (Å²) in [4.78, 5) is 45.4. The zero-order valence-electron chi connectivity index (χ0n) is 22.2. The highest BCUT2D eigenvalue weighted by molar-refractivity contribution is 5.94. The Bertz CT molecular complexity index is 1750. The molecule has 1 amide bonds. The first-order valence-corrected chi connectivity index (χ1v) is 13.1. The van der Waals surface area contributed by atoms with E-state index in [1.165, 1.54) is 24.3 Å². The van der Waals surface area contributed by atoms with Crippen molar-refractivity contribution >= 4 is 22.5 Å². The number of fused-ring (bicyclic) bond motifs is 1. The van der Waals surface area contributed by atoms with E-state index in [2.05, 4.69) is 0 Å². The van der Waals surface area contributed by atoms with Gasteiger partial charge >= 0.3 is 0 Å². The number of carbonyl (C=O) groups excluding carboxylic acids is 1. The molecule has 0 radical (unpaired) electrons. The van der Waals surface area contributed by atoms with Crippen LogP contribution >= 0.6 is 0 Å². The van der Waals surface area contributed by atoms with Crippen molar-refractivity contribution < 1.29 is 9.72 Å². The molecule has 200 valence electrons. The predicted molar refractivity (Wildman–Crippen MR) is 155 cm³/mol. The molecule has 0 saturated heterocycles. The van der Waals surface area contributed by atoms with Crippen LogP contribution in [-0.4, -0.2) is 25.3 Å². The number of para-hydroxylation sites is 1. The Kier molecular flexibility index (Phi) is 7.50. The fourth-order valence-electron chi connectivity index (χ4n) is 4.93. The maximum absolute atomic E-state index is 14.1. The smallest absolute Gasteiger partial charge is 0.269 e. The molecular weight excluding hydrogens is 504 g/mol. The summed E-state index contributed by atoms with van der Waals surface area (Å²) in [5.74, 6) is 0.131. The van der Waals surface area contributed by atoms with Crippen molar-refractivity contribution in [1.29, 1.82) is 0 Å². The van der Waals surface area contributed by atoms with Crippen LogP contribution in [0.1, 0.15) is 46.7 Å². The van der Waals surface area contributed by atoms with Crippen molar-refractivity contribution in [2.24, 2.45) is 0 Å². The average molecular weight is 533 g/mol. The Morgan fingerprint density at radius 3 is 2.33 bits per heavy atom. The molecule has 0 fully saturated rings. The zero-order chi connectivity index (χ0) is 28.2. The number of amides is 1. The second kappa shape index (κ2) is 11.3. The van der Waals surface area contributed by atoms with Crippen molar-refractivity contribution in [2.75, 3.05) is 0 Å². The minimum atomic E-state index is -0.583. The van der Waals surface area contributed by atoms with Gasteiger partial charge in [-0.05, 0) is 60.9 Å². The van der Waals surface area contributed by atoms with Crippen LogP contribution in [-0.2, 0) is 6.54 Å². The van der Waals surface area contributed by atoms with E-state index >= 15 is 0 Å². The third kappa shape index (κ3) is 5.24. The summed E-state index contributed by atoms with van der Waals surface area (Å²) in [5, 5.41) is 11.7. The van der Waals surface area contributed by atoms with E-state index in [9.17, 15) is 19.7 Å². The third-order valence-electron chi connectivity index (χ3n) is 6.90. The minimum Gasteiger partial charge on any atom is -0.324 e. The summed E-state index contributed by atoms with van der Waals surface area (Å²) >= 11 is 0. The maximum Gasteiger partial charge on any atom is 0.269 e. The molecule has 1 unspecified atom stereocenters. The molecule has 0 aliphatic carbocycles. The monoisotopic (exact) mass is 532 g/mol. The van der Waals surface area contributed by atoms with Crippen LogP contribution in [0, 0.1) is 17.0 Å². The summed E-state index contributed by atoms with van der Waals surface area (Å²) in [6.07, 6.45) is 0.474. The van der Waals surface area contributed by atoms with Gasteiger partial charge in [0.2, 0.25) is 0 Å². The fraction of sp³-hybridized carbons (Fsp3) is 0.156. The molecule has 8 nitrogen and oxygen atoms in total. The van der Waals surface area contributed by atoms with E-state index in [-0.39, 0.29) is 23.7 Å². The average Bonchev–Trinajstić information content (AvgIpc) is 2.97. The van der Waals surface area contributed by atoms with Gasteiger partial charge in [0.05, 0.1) is 27.6 Å². The highest BCUT2D eigenvalue weighted by Crippen LogP contribution is 2.29. The molecule has 5 rings (SSSR count). The topological polar surface area (TPSA) is 98.3 Å². The van der Waals surface area contributed by atoms with Crippen LogP contribution in [0.4, 0.5) is 5.69 Å². The molecule has 0 aliphatic rings. The lowest BCUT2D eigenvalue weighted by Gasteiger charge is -2.32. The SMILES string of the molecule is CCC(c1nc2ccccc2c(=O)n1-c1cccc(C)c1)N(Cc1ccccc1)C(=O)c1ccc([N+](=O)[O-])cc1. The van der Waals surface area contributed by atoms with Gasteiger partial charge in [-0.3, -0.25) is 24.3 Å². The Balaban J connectivity index is 1.71. The Morgan fingerprint density at radius 1 is 0.950 bits per heavy atom. The predicted octanol–water partition coefficient (Wildman–Crippen LogP) is 6.40. The number of nitro benzene ring substituents is 1. The van der Waals surface area contributed by atoms with E-state index < -0.39 is 11.0 Å². The van der Waals surface area contributed by atoms with Gasteiger partial charge in [-0.2, -0.15) is 0 Å². The van der Waals surface area contributed by atoms with Crippen LogP contribution in [0.5, 0.6) is 0 Å². The van der Waals surface area contributed by atoms with Gasteiger partial charge in [-0.25, -0.2) is 4.98 Å². The van der Waals surface area contributed by atoms with Gasteiger partial charge in [0.1, 0.15) is 5.82 Å².